The summed E-state index contributed by atoms with van der Waals surface area (Å²) in [6, 6.07) is 6.28. The molecule has 1 aromatic carbocycles. The van der Waals surface area contributed by atoms with Crippen molar-refractivity contribution < 1.29 is 0 Å². The van der Waals surface area contributed by atoms with Crippen molar-refractivity contribution in [1.29, 1.82) is 0 Å². The van der Waals surface area contributed by atoms with Crippen LogP contribution >= 0.6 is 11.6 Å². The molecule has 2 atom stereocenters. The molecule has 0 aromatic heterocycles. The smallest absolute Gasteiger partial charge is 0.0408 e. The molecule has 0 saturated carbocycles. The molecule has 0 spiro atoms. The van der Waals surface area contributed by atoms with Gasteiger partial charge in [-0.05, 0) is 36.1 Å². The first-order valence-electron chi connectivity index (χ1n) is 5.71. The maximum atomic E-state index is 6.06. The monoisotopic (exact) mass is 231 g/mol. The van der Waals surface area contributed by atoms with Crippen LogP contribution in [0.4, 0.5) is 0 Å². The Labute approximate surface area is 101 Å². The summed E-state index contributed by atoms with van der Waals surface area (Å²) >= 11 is 6.06. The number of hydrogen-bond acceptors (Lipinski definition) is 1. The Kier molecular flexibility index (Phi) is 2.36. The van der Waals surface area contributed by atoms with Crippen LogP contribution in [0.2, 0.25) is 5.02 Å². The summed E-state index contributed by atoms with van der Waals surface area (Å²) in [5.74, 6) is 0.982. The lowest BCUT2D eigenvalue weighted by atomic mass is 9.71. The molecule has 0 aliphatic heterocycles. The lowest BCUT2D eigenvalue weighted by molar-refractivity contribution is 0.689. The first kappa shape index (κ1) is 10.1. The van der Waals surface area contributed by atoms with Gasteiger partial charge in [-0.1, -0.05) is 29.8 Å². The molecule has 3 rings (SSSR count). The van der Waals surface area contributed by atoms with E-state index in [1.54, 1.807) is 0 Å². The Morgan fingerprint density at radius 3 is 3.06 bits per heavy atom. The van der Waals surface area contributed by atoms with Crippen LogP contribution in [0.5, 0.6) is 0 Å². The van der Waals surface area contributed by atoms with Gasteiger partial charge in [0, 0.05) is 29.6 Å². The zero-order valence-corrected chi connectivity index (χ0v) is 10.0. The van der Waals surface area contributed by atoms with E-state index in [1.165, 1.54) is 16.8 Å². The number of fused-ring (bicyclic) bond motifs is 4. The van der Waals surface area contributed by atoms with Crippen LogP contribution in [0.25, 0.3) is 0 Å². The maximum Gasteiger partial charge on any atom is 0.0408 e. The van der Waals surface area contributed by atoms with Crippen molar-refractivity contribution in [2.45, 2.75) is 18.8 Å². The molecule has 0 radical (unpaired) electrons. The van der Waals surface area contributed by atoms with Gasteiger partial charge in [-0.25, -0.2) is 0 Å². The zero-order chi connectivity index (χ0) is 11.1. The van der Waals surface area contributed by atoms with Crippen LogP contribution in [-0.4, -0.2) is 12.8 Å². The van der Waals surface area contributed by atoms with E-state index in [-0.39, 0.29) is 0 Å². The number of nitrogens with zero attached hydrogens (tertiary/aromatic N) is 1. The summed E-state index contributed by atoms with van der Waals surface area (Å²) in [6.45, 7) is 0. The molecule has 2 aliphatic carbocycles. The molecule has 16 heavy (non-hydrogen) atoms. The minimum atomic E-state index is 0.487. The fourth-order valence-electron chi connectivity index (χ4n) is 2.97. The molecule has 0 N–H and O–H groups in total. The molecule has 2 aliphatic rings. The molecule has 0 fully saturated rings. The van der Waals surface area contributed by atoms with Crippen LogP contribution in [-0.2, 0) is 6.42 Å². The predicted molar refractivity (Wildman–Crippen MR) is 68.5 cm³/mol. The van der Waals surface area contributed by atoms with Gasteiger partial charge in [0.05, 0.1) is 0 Å². The average molecular weight is 232 g/mol. The van der Waals surface area contributed by atoms with Gasteiger partial charge in [-0.15, -0.1) is 0 Å². The summed E-state index contributed by atoms with van der Waals surface area (Å²) in [5, 5.41) is 0.845. The molecule has 2 bridgehead atoms. The van der Waals surface area contributed by atoms with Crippen LogP contribution < -0.4 is 0 Å². The normalized spacial score (nSPS) is 29.2. The largest absolute Gasteiger partial charge is 0.296 e. The highest BCUT2D eigenvalue weighted by molar-refractivity contribution is 6.30. The Morgan fingerprint density at radius 2 is 2.25 bits per heavy atom. The van der Waals surface area contributed by atoms with E-state index in [0.717, 1.165) is 17.9 Å². The number of allylic oxidation sites excluding steroid dienone is 2. The van der Waals surface area contributed by atoms with E-state index < -0.39 is 0 Å². The van der Waals surface area contributed by atoms with E-state index in [1.807, 2.05) is 13.1 Å². The molecule has 1 aromatic rings. The molecule has 2 heteroatoms. The van der Waals surface area contributed by atoms with Gasteiger partial charge in [-0.3, -0.25) is 4.99 Å². The van der Waals surface area contributed by atoms with Gasteiger partial charge in [-0.2, -0.15) is 0 Å². The summed E-state index contributed by atoms with van der Waals surface area (Å²) in [7, 11) is 1.91. The van der Waals surface area contributed by atoms with Crippen molar-refractivity contribution in [3.05, 3.63) is 46.5 Å². The standard InChI is InChI=1S/C14H14ClN/c1-16-14-9-3-2-4-13(14)12-6-5-11(15)8-10(12)7-9/h2-3,5-6,8-9,13H,4,7H2,1H3. The van der Waals surface area contributed by atoms with Crippen molar-refractivity contribution in [2.75, 3.05) is 7.05 Å². The second-order valence-corrected chi connectivity index (χ2v) is 4.96. The minimum absolute atomic E-state index is 0.487. The van der Waals surface area contributed by atoms with Crippen LogP contribution in [0.15, 0.2) is 35.3 Å². The van der Waals surface area contributed by atoms with E-state index >= 15 is 0 Å². The van der Waals surface area contributed by atoms with Crippen molar-refractivity contribution in [3.8, 4) is 0 Å². The first-order chi connectivity index (χ1) is 7.79. The number of halogens is 1. The number of aliphatic imine (C=N–C) groups is 1. The van der Waals surface area contributed by atoms with E-state index in [9.17, 15) is 0 Å². The molecule has 82 valence electrons. The van der Waals surface area contributed by atoms with Crippen molar-refractivity contribution in [2.24, 2.45) is 10.9 Å². The molecule has 0 heterocycles. The Balaban J connectivity index is 2.16. The van der Waals surface area contributed by atoms with Gasteiger partial charge in [0.2, 0.25) is 0 Å². The number of hydrogen-bond donors (Lipinski definition) is 0. The lowest BCUT2D eigenvalue weighted by Crippen LogP contribution is -2.31. The van der Waals surface area contributed by atoms with E-state index in [0.29, 0.717) is 11.8 Å². The predicted octanol–water partition coefficient (Wildman–Crippen LogP) is 3.63. The van der Waals surface area contributed by atoms with Crippen molar-refractivity contribution in [1.82, 2.24) is 0 Å². The summed E-state index contributed by atoms with van der Waals surface area (Å²) in [4.78, 5) is 4.49. The highest BCUT2D eigenvalue weighted by atomic mass is 35.5. The SMILES string of the molecule is CN=C1C2C=CCC1c1ccc(Cl)cc1C2. The maximum absolute atomic E-state index is 6.06. The first-order valence-corrected chi connectivity index (χ1v) is 6.09. The Hall–Kier alpha value is -1.08. The molecular formula is C14H14ClN. The Bertz CT molecular complexity index is 488. The second-order valence-electron chi connectivity index (χ2n) is 4.52. The van der Waals surface area contributed by atoms with Crippen LogP contribution in [0, 0.1) is 5.92 Å². The van der Waals surface area contributed by atoms with Gasteiger partial charge in [0.1, 0.15) is 0 Å². The fourth-order valence-corrected chi connectivity index (χ4v) is 3.16. The minimum Gasteiger partial charge on any atom is -0.296 e. The molecule has 1 nitrogen and oxygen atoms in total. The highest BCUT2D eigenvalue weighted by Crippen LogP contribution is 2.39. The number of benzene rings is 1. The number of rotatable bonds is 0. The van der Waals surface area contributed by atoms with Gasteiger partial charge < -0.3 is 0 Å². The van der Waals surface area contributed by atoms with Gasteiger partial charge in [0.15, 0.2) is 0 Å². The third-order valence-electron chi connectivity index (χ3n) is 3.66. The third kappa shape index (κ3) is 1.42. The molecule has 2 unspecified atom stereocenters. The second kappa shape index (κ2) is 3.74. The van der Waals surface area contributed by atoms with Crippen LogP contribution in [0.1, 0.15) is 23.5 Å². The van der Waals surface area contributed by atoms with E-state index in [4.69, 9.17) is 11.6 Å². The van der Waals surface area contributed by atoms with E-state index in [2.05, 4.69) is 29.3 Å². The Morgan fingerprint density at radius 1 is 1.38 bits per heavy atom. The van der Waals surface area contributed by atoms with Crippen LogP contribution in [0.3, 0.4) is 0 Å². The molecule has 0 saturated heterocycles. The average Bonchev–Trinajstić information content (AvgIpc) is 2.28. The summed E-state index contributed by atoms with van der Waals surface area (Å²) < 4.78 is 0. The summed E-state index contributed by atoms with van der Waals surface area (Å²) in [6.07, 6.45) is 6.72. The highest BCUT2D eigenvalue weighted by Gasteiger charge is 2.33. The van der Waals surface area contributed by atoms with Gasteiger partial charge >= 0.3 is 0 Å². The topological polar surface area (TPSA) is 12.4 Å². The zero-order valence-electron chi connectivity index (χ0n) is 9.28. The van der Waals surface area contributed by atoms with Crippen molar-refractivity contribution >= 4 is 17.3 Å². The van der Waals surface area contributed by atoms with Gasteiger partial charge in [0.25, 0.3) is 0 Å². The fraction of sp³-hybridized carbons (Fsp3) is 0.357. The third-order valence-corrected chi connectivity index (χ3v) is 3.89. The summed E-state index contributed by atoms with van der Waals surface area (Å²) in [5.41, 5.74) is 4.17. The molecular weight excluding hydrogens is 218 g/mol. The molecule has 0 amide bonds. The quantitative estimate of drug-likeness (QED) is 0.605. The lowest BCUT2D eigenvalue weighted by Gasteiger charge is -2.34. The van der Waals surface area contributed by atoms with Crippen molar-refractivity contribution in [3.63, 3.8) is 0 Å².